The van der Waals surface area contributed by atoms with Crippen LogP contribution in [0.4, 0.5) is 0 Å². The van der Waals surface area contributed by atoms with Crippen molar-refractivity contribution in [1.82, 2.24) is 5.32 Å². The molecule has 13 heavy (non-hydrogen) atoms. The second kappa shape index (κ2) is 7.99. The fourth-order valence-corrected chi connectivity index (χ4v) is 1.28. The van der Waals surface area contributed by atoms with Gasteiger partial charge in [-0.15, -0.1) is 0 Å². The van der Waals surface area contributed by atoms with Gasteiger partial charge in [-0.25, -0.2) is 0 Å². The highest BCUT2D eigenvalue weighted by Crippen LogP contribution is 2.05. The summed E-state index contributed by atoms with van der Waals surface area (Å²) >= 11 is 4.76. The lowest BCUT2D eigenvalue weighted by atomic mass is 10.1. The van der Waals surface area contributed by atoms with Crippen LogP contribution in [0.1, 0.15) is 33.6 Å². The van der Waals surface area contributed by atoms with Gasteiger partial charge in [0.1, 0.15) is 0 Å². The molecule has 0 aliphatic rings. The van der Waals surface area contributed by atoms with Crippen LogP contribution >= 0.6 is 12.2 Å². The van der Waals surface area contributed by atoms with Crippen molar-refractivity contribution in [2.45, 2.75) is 39.7 Å². The van der Waals surface area contributed by atoms with Gasteiger partial charge in [0.05, 0.1) is 5.49 Å². The molecule has 1 unspecified atom stereocenters. The van der Waals surface area contributed by atoms with Crippen molar-refractivity contribution in [2.75, 3.05) is 0 Å². The minimum absolute atomic E-state index is 0.320. The van der Waals surface area contributed by atoms with Crippen molar-refractivity contribution >= 4 is 17.7 Å². The van der Waals surface area contributed by atoms with Crippen molar-refractivity contribution in [3.63, 3.8) is 0 Å². The lowest BCUT2D eigenvalue weighted by Gasteiger charge is -2.12. The Bertz CT molecular complexity index is 194. The Hall–Kier alpha value is -0.630. The predicted molar refractivity (Wildman–Crippen MR) is 64.1 cm³/mol. The fraction of sp³-hybridized carbons (Fsp3) is 0.545. The monoisotopic (exact) mass is 197 g/mol. The highest BCUT2D eigenvalue weighted by atomic mass is 32.1. The van der Waals surface area contributed by atoms with Crippen molar-refractivity contribution in [3.05, 3.63) is 23.8 Å². The number of allylic oxidation sites excluding steroid dienone is 2. The van der Waals surface area contributed by atoms with E-state index in [2.05, 4.69) is 44.3 Å². The molecule has 0 aliphatic carbocycles. The van der Waals surface area contributed by atoms with Gasteiger partial charge in [0, 0.05) is 6.04 Å². The standard InChI is InChI=1S/C11H19NS/c1-4-6-8-11(7-5-2)10(3)12-9-13/h6-10H,4-5H2,1-3H3,(H,12,13)/b8-6-,11-7+. The maximum absolute atomic E-state index is 4.76. The Labute approximate surface area is 86.9 Å². The van der Waals surface area contributed by atoms with Crippen LogP contribution in [-0.2, 0) is 0 Å². The first-order valence-corrected chi connectivity index (χ1v) is 5.29. The number of hydrogen-bond donors (Lipinski definition) is 1. The molecule has 0 radical (unpaired) electrons. The maximum atomic E-state index is 4.76. The zero-order valence-corrected chi connectivity index (χ0v) is 9.53. The molecule has 0 aromatic heterocycles. The van der Waals surface area contributed by atoms with Gasteiger partial charge in [-0.1, -0.05) is 44.3 Å². The molecule has 0 spiro atoms. The summed E-state index contributed by atoms with van der Waals surface area (Å²) < 4.78 is 0. The summed E-state index contributed by atoms with van der Waals surface area (Å²) in [4.78, 5) is 0. The van der Waals surface area contributed by atoms with Gasteiger partial charge in [0.25, 0.3) is 0 Å². The summed E-state index contributed by atoms with van der Waals surface area (Å²) in [5.74, 6) is 0. The van der Waals surface area contributed by atoms with Crippen molar-refractivity contribution in [3.8, 4) is 0 Å². The molecular weight excluding hydrogens is 178 g/mol. The van der Waals surface area contributed by atoms with Gasteiger partial charge in [-0.2, -0.15) is 0 Å². The van der Waals surface area contributed by atoms with Crippen LogP contribution in [0.2, 0.25) is 0 Å². The quantitative estimate of drug-likeness (QED) is 0.518. The number of rotatable bonds is 6. The highest BCUT2D eigenvalue weighted by Gasteiger charge is 2.01. The predicted octanol–water partition coefficient (Wildman–Crippen LogP) is 3.22. The molecule has 0 fully saturated rings. The third-order valence-electron chi connectivity index (χ3n) is 1.80. The first-order chi connectivity index (χ1) is 6.26. The van der Waals surface area contributed by atoms with E-state index in [0.29, 0.717) is 6.04 Å². The van der Waals surface area contributed by atoms with E-state index in [9.17, 15) is 0 Å². The first-order valence-electron chi connectivity index (χ1n) is 4.82. The molecule has 0 bridgehead atoms. The van der Waals surface area contributed by atoms with E-state index in [1.165, 1.54) is 5.57 Å². The van der Waals surface area contributed by atoms with Crippen LogP contribution in [0, 0.1) is 0 Å². The molecular formula is C11H19NS. The van der Waals surface area contributed by atoms with Crippen molar-refractivity contribution in [1.29, 1.82) is 0 Å². The Kier molecular flexibility index (Phi) is 7.60. The number of nitrogens with one attached hydrogen (secondary N) is 1. The minimum Gasteiger partial charge on any atom is -0.376 e. The second-order valence-corrected chi connectivity index (χ2v) is 3.16. The summed E-state index contributed by atoms with van der Waals surface area (Å²) in [6.45, 7) is 6.39. The Morgan fingerprint density at radius 2 is 2.08 bits per heavy atom. The summed E-state index contributed by atoms with van der Waals surface area (Å²) in [5.41, 5.74) is 2.89. The molecule has 1 atom stereocenters. The van der Waals surface area contributed by atoms with E-state index >= 15 is 0 Å². The van der Waals surface area contributed by atoms with Crippen LogP contribution in [0.5, 0.6) is 0 Å². The Balaban J connectivity index is 4.31. The maximum Gasteiger partial charge on any atom is 0.0619 e. The van der Waals surface area contributed by atoms with Crippen LogP contribution in [0.25, 0.3) is 0 Å². The Morgan fingerprint density at radius 1 is 1.38 bits per heavy atom. The fourth-order valence-electron chi connectivity index (χ4n) is 1.08. The Morgan fingerprint density at radius 3 is 2.54 bits per heavy atom. The van der Waals surface area contributed by atoms with E-state index in [1.54, 1.807) is 5.49 Å². The third kappa shape index (κ3) is 5.58. The SMILES string of the molecule is CC/C=C\C(=C/CC)C(C)NC=S. The second-order valence-electron chi connectivity index (χ2n) is 2.93. The molecule has 0 rings (SSSR count). The van der Waals surface area contributed by atoms with E-state index in [-0.39, 0.29) is 0 Å². The molecule has 1 N–H and O–H groups in total. The zero-order valence-electron chi connectivity index (χ0n) is 8.71. The van der Waals surface area contributed by atoms with Crippen LogP contribution in [0.15, 0.2) is 23.8 Å². The highest BCUT2D eigenvalue weighted by molar-refractivity contribution is 7.78. The van der Waals surface area contributed by atoms with Crippen molar-refractivity contribution < 1.29 is 0 Å². The molecule has 0 aromatic carbocycles. The third-order valence-corrected chi connectivity index (χ3v) is 1.94. The number of thiocarbonyl (C=S) groups is 1. The van der Waals surface area contributed by atoms with Crippen LogP contribution in [0.3, 0.4) is 0 Å². The topological polar surface area (TPSA) is 12.0 Å². The molecule has 0 saturated carbocycles. The smallest absolute Gasteiger partial charge is 0.0619 e. The molecule has 0 aliphatic heterocycles. The van der Waals surface area contributed by atoms with Crippen molar-refractivity contribution in [2.24, 2.45) is 0 Å². The van der Waals surface area contributed by atoms with E-state index in [4.69, 9.17) is 12.2 Å². The first kappa shape index (κ1) is 12.4. The molecule has 0 saturated heterocycles. The summed E-state index contributed by atoms with van der Waals surface area (Å²) in [6.07, 6.45) is 8.70. The molecule has 0 heterocycles. The lowest BCUT2D eigenvalue weighted by molar-refractivity contribution is 0.788. The molecule has 0 aromatic rings. The molecule has 2 heteroatoms. The van der Waals surface area contributed by atoms with Gasteiger partial charge >= 0.3 is 0 Å². The lowest BCUT2D eigenvalue weighted by Crippen LogP contribution is -2.24. The van der Waals surface area contributed by atoms with Gasteiger partial charge in [-0.05, 0) is 25.3 Å². The zero-order chi connectivity index (χ0) is 10.1. The average molecular weight is 197 g/mol. The summed E-state index contributed by atoms with van der Waals surface area (Å²) in [6, 6.07) is 0.320. The van der Waals surface area contributed by atoms with E-state index < -0.39 is 0 Å². The molecule has 0 amide bonds. The van der Waals surface area contributed by atoms with Gasteiger partial charge in [0.2, 0.25) is 0 Å². The summed E-state index contributed by atoms with van der Waals surface area (Å²) in [7, 11) is 0. The van der Waals surface area contributed by atoms with E-state index in [0.717, 1.165) is 12.8 Å². The normalized spacial score (nSPS) is 14.5. The van der Waals surface area contributed by atoms with Crippen LogP contribution in [-0.4, -0.2) is 11.5 Å². The van der Waals surface area contributed by atoms with E-state index in [1.807, 2.05) is 0 Å². The number of hydrogen-bond acceptors (Lipinski definition) is 1. The summed E-state index contributed by atoms with van der Waals surface area (Å²) in [5, 5.41) is 3.11. The van der Waals surface area contributed by atoms with Gasteiger partial charge in [0.15, 0.2) is 0 Å². The largest absolute Gasteiger partial charge is 0.376 e. The molecule has 1 nitrogen and oxygen atoms in total. The average Bonchev–Trinajstić information content (AvgIpc) is 2.12. The van der Waals surface area contributed by atoms with Gasteiger partial charge in [-0.3, -0.25) is 0 Å². The van der Waals surface area contributed by atoms with Gasteiger partial charge < -0.3 is 5.32 Å². The van der Waals surface area contributed by atoms with Crippen LogP contribution < -0.4 is 5.32 Å². The molecule has 74 valence electrons. The minimum atomic E-state index is 0.320.